The van der Waals surface area contributed by atoms with Gasteiger partial charge in [-0.2, -0.15) is 0 Å². The van der Waals surface area contributed by atoms with Crippen molar-refractivity contribution in [1.82, 2.24) is 15.6 Å². The number of hydrogen-bond donors (Lipinski definition) is 2. The molecule has 7 heteroatoms. The summed E-state index contributed by atoms with van der Waals surface area (Å²) in [5.41, 5.74) is 3.49. The van der Waals surface area contributed by atoms with Gasteiger partial charge in [0.15, 0.2) is 5.96 Å². The largest absolute Gasteiger partial charge is 0.493 e. The average molecular weight is 515 g/mol. The highest BCUT2D eigenvalue weighted by molar-refractivity contribution is 14.0. The van der Waals surface area contributed by atoms with Crippen molar-refractivity contribution in [2.75, 3.05) is 20.2 Å². The normalized spacial score (nSPS) is 13.6. The smallest absolute Gasteiger partial charge is 0.191 e. The summed E-state index contributed by atoms with van der Waals surface area (Å²) in [5.74, 6) is 2.48. The molecular weight excluding hydrogens is 487 g/mol. The molecule has 0 spiro atoms. The molecule has 5 nitrogen and oxygen atoms in total. The van der Waals surface area contributed by atoms with E-state index in [1.165, 1.54) is 18.4 Å². The predicted molar refractivity (Wildman–Crippen MR) is 126 cm³/mol. The van der Waals surface area contributed by atoms with Gasteiger partial charge in [-0.3, -0.25) is 4.99 Å². The van der Waals surface area contributed by atoms with Gasteiger partial charge in [-0.05, 0) is 55.4 Å². The van der Waals surface area contributed by atoms with Crippen LogP contribution in [-0.2, 0) is 13.0 Å². The first-order chi connectivity index (χ1) is 13.1. The molecule has 1 fully saturated rings. The molecule has 2 aromatic rings. The molecule has 1 aliphatic carbocycles. The van der Waals surface area contributed by atoms with Crippen LogP contribution in [0.2, 0.25) is 5.15 Å². The highest BCUT2D eigenvalue weighted by atomic mass is 127. The van der Waals surface area contributed by atoms with E-state index in [-0.39, 0.29) is 24.0 Å². The molecule has 28 heavy (non-hydrogen) atoms. The van der Waals surface area contributed by atoms with E-state index in [2.05, 4.69) is 45.7 Å². The van der Waals surface area contributed by atoms with Gasteiger partial charge in [0.1, 0.15) is 10.9 Å². The van der Waals surface area contributed by atoms with Gasteiger partial charge in [-0.15, -0.1) is 24.0 Å². The number of halogens is 2. The number of nitrogens with zero attached hydrogens (tertiary/aromatic N) is 2. The Labute approximate surface area is 189 Å². The van der Waals surface area contributed by atoms with Gasteiger partial charge in [-0.25, -0.2) is 4.98 Å². The van der Waals surface area contributed by atoms with Crippen LogP contribution < -0.4 is 15.4 Å². The van der Waals surface area contributed by atoms with Crippen LogP contribution in [0.25, 0.3) is 0 Å². The second kappa shape index (κ2) is 11.5. The third-order valence-corrected chi connectivity index (χ3v) is 4.78. The molecule has 0 unspecified atom stereocenters. The van der Waals surface area contributed by atoms with Crippen molar-refractivity contribution in [3.8, 4) is 5.75 Å². The van der Waals surface area contributed by atoms with E-state index in [9.17, 15) is 0 Å². The second-order valence-corrected chi connectivity index (χ2v) is 7.34. The topological polar surface area (TPSA) is 58.5 Å². The summed E-state index contributed by atoms with van der Waals surface area (Å²) in [6, 6.07) is 10.2. The van der Waals surface area contributed by atoms with Crippen LogP contribution in [0.4, 0.5) is 0 Å². The monoisotopic (exact) mass is 514 g/mol. The number of rotatable bonds is 8. The lowest BCUT2D eigenvalue weighted by Crippen LogP contribution is -2.38. The third-order valence-electron chi connectivity index (χ3n) is 4.56. The minimum Gasteiger partial charge on any atom is -0.493 e. The summed E-state index contributed by atoms with van der Waals surface area (Å²) >= 11 is 5.82. The molecule has 2 N–H and O–H groups in total. The molecule has 1 aromatic heterocycles. The SMILES string of the molecule is CN=C(NCCc1ccc(Cl)nc1)NCc1ccc(C)cc1OCC1CC1.I. The quantitative estimate of drug-likeness (QED) is 0.238. The highest BCUT2D eigenvalue weighted by Crippen LogP contribution is 2.30. The molecule has 1 aromatic carbocycles. The standard InChI is InChI=1S/C21H27ClN4O.HI/c1-15-3-7-18(19(11-15)27-14-17-4-5-17)13-26-21(23-2)24-10-9-16-6-8-20(22)25-12-16;/h3,6-8,11-12,17H,4-5,9-10,13-14H2,1-2H3,(H2,23,24,26);1H. The van der Waals surface area contributed by atoms with Crippen molar-refractivity contribution in [2.24, 2.45) is 10.9 Å². The predicted octanol–water partition coefficient (Wildman–Crippen LogP) is 4.36. The van der Waals surface area contributed by atoms with E-state index in [1.807, 2.05) is 12.1 Å². The molecule has 0 saturated heterocycles. The molecule has 1 aliphatic rings. The van der Waals surface area contributed by atoms with Crippen LogP contribution in [0, 0.1) is 12.8 Å². The fourth-order valence-corrected chi connectivity index (χ4v) is 2.83. The van der Waals surface area contributed by atoms with Crippen LogP contribution in [0.1, 0.15) is 29.5 Å². The first-order valence-electron chi connectivity index (χ1n) is 9.41. The van der Waals surface area contributed by atoms with Crippen LogP contribution >= 0.6 is 35.6 Å². The number of aliphatic imine (C=N–C) groups is 1. The van der Waals surface area contributed by atoms with Crippen molar-refractivity contribution in [2.45, 2.75) is 32.7 Å². The summed E-state index contributed by atoms with van der Waals surface area (Å²) in [6.07, 6.45) is 5.24. The molecule has 0 bridgehead atoms. The molecule has 152 valence electrons. The molecule has 0 radical (unpaired) electrons. The molecular formula is C21H28ClIN4O. The van der Waals surface area contributed by atoms with Crippen molar-refractivity contribution >= 4 is 41.5 Å². The zero-order valence-corrected chi connectivity index (χ0v) is 19.5. The summed E-state index contributed by atoms with van der Waals surface area (Å²) in [5, 5.41) is 7.21. The molecule has 0 aliphatic heterocycles. The van der Waals surface area contributed by atoms with E-state index in [0.29, 0.717) is 11.7 Å². The lowest BCUT2D eigenvalue weighted by atomic mass is 10.1. The van der Waals surface area contributed by atoms with Crippen molar-refractivity contribution in [3.05, 3.63) is 58.4 Å². The van der Waals surface area contributed by atoms with Gasteiger partial charge < -0.3 is 15.4 Å². The van der Waals surface area contributed by atoms with E-state index in [0.717, 1.165) is 48.3 Å². The summed E-state index contributed by atoms with van der Waals surface area (Å²) in [6.45, 7) is 4.34. The Morgan fingerprint density at radius 2 is 2.07 bits per heavy atom. The minimum atomic E-state index is 0. The van der Waals surface area contributed by atoms with Gasteiger partial charge >= 0.3 is 0 Å². The van der Waals surface area contributed by atoms with E-state index in [1.54, 1.807) is 13.2 Å². The second-order valence-electron chi connectivity index (χ2n) is 6.96. The van der Waals surface area contributed by atoms with Gasteiger partial charge in [0.2, 0.25) is 0 Å². The summed E-state index contributed by atoms with van der Waals surface area (Å²) < 4.78 is 6.04. The maximum Gasteiger partial charge on any atom is 0.191 e. The van der Waals surface area contributed by atoms with Gasteiger partial charge in [0, 0.05) is 31.9 Å². The van der Waals surface area contributed by atoms with Crippen molar-refractivity contribution in [1.29, 1.82) is 0 Å². The molecule has 1 heterocycles. The van der Waals surface area contributed by atoms with E-state index >= 15 is 0 Å². The third kappa shape index (κ3) is 7.47. The van der Waals surface area contributed by atoms with Crippen molar-refractivity contribution < 1.29 is 4.74 Å². The average Bonchev–Trinajstić information content (AvgIpc) is 3.50. The number of ether oxygens (including phenoxy) is 1. The number of pyridine rings is 1. The van der Waals surface area contributed by atoms with Gasteiger partial charge in [0.05, 0.1) is 6.61 Å². The first-order valence-corrected chi connectivity index (χ1v) is 9.79. The number of benzene rings is 1. The number of nitrogens with one attached hydrogen (secondary N) is 2. The Kier molecular flexibility index (Phi) is 9.31. The molecule has 3 rings (SSSR count). The Hall–Kier alpha value is -1.54. The minimum absolute atomic E-state index is 0. The van der Waals surface area contributed by atoms with E-state index < -0.39 is 0 Å². The maximum atomic E-state index is 6.04. The Morgan fingerprint density at radius 3 is 2.75 bits per heavy atom. The molecule has 0 amide bonds. The van der Waals surface area contributed by atoms with Gasteiger partial charge in [0.25, 0.3) is 0 Å². The number of aromatic nitrogens is 1. The van der Waals surface area contributed by atoms with Crippen molar-refractivity contribution in [3.63, 3.8) is 0 Å². The maximum absolute atomic E-state index is 6.04. The fourth-order valence-electron chi connectivity index (χ4n) is 2.71. The lowest BCUT2D eigenvalue weighted by molar-refractivity contribution is 0.296. The van der Waals surface area contributed by atoms with Gasteiger partial charge in [-0.1, -0.05) is 29.8 Å². The van der Waals surface area contributed by atoms with Crippen LogP contribution in [0.3, 0.4) is 0 Å². The first kappa shape index (κ1) is 22.7. The molecule has 1 saturated carbocycles. The van der Waals surface area contributed by atoms with E-state index in [4.69, 9.17) is 16.3 Å². The number of hydrogen-bond acceptors (Lipinski definition) is 3. The summed E-state index contributed by atoms with van der Waals surface area (Å²) in [4.78, 5) is 8.40. The number of aryl methyl sites for hydroxylation is 1. The Morgan fingerprint density at radius 1 is 1.25 bits per heavy atom. The zero-order chi connectivity index (χ0) is 19.1. The fraction of sp³-hybridized carbons (Fsp3) is 0.429. The summed E-state index contributed by atoms with van der Waals surface area (Å²) in [7, 11) is 1.78. The van der Waals surface area contributed by atoms with Crippen LogP contribution in [0.5, 0.6) is 5.75 Å². The molecule has 0 atom stereocenters. The zero-order valence-electron chi connectivity index (χ0n) is 16.4. The number of guanidine groups is 1. The lowest BCUT2D eigenvalue weighted by Gasteiger charge is -2.15. The highest BCUT2D eigenvalue weighted by Gasteiger charge is 2.22. The Bertz CT molecular complexity index is 778. The van der Waals surface area contributed by atoms with Crippen LogP contribution in [0.15, 0.2) is 41.5 Å². The van der Waals surface area contributed by atoms with Crippen LogP contribution in [-0.4, -0.2) is 31.1 Å². The Balaban J connectivity index is 0.00000280.